The number of amides is 3. The van der Waals surface area contributed by atoms with E-state index in [9.17, 15) is 24.0 Å². The molecule has 12 aromatic rings. The molecule has 3 amide bonds. The predicted octanol–water partition coefficient (Wildman–Crippen LogP) is 10.5. The van der Waals surface area contributed by atoms with E-state index in [1.165, 1.54) is 34.2 Å². The normalized spacial score (nSPS) is 10.5. The van der Waals surface area contributed by atoms with E-state index in [-0.39, 0.29) is 64.2 Å². The number of hydrogen-bond donors (Lipinski definition) is 5. The van der Waals surface area contributed by atoms with E-state index in [0.717, 1.165) is 37.9 Å². The highest BCUT2D eigenvalue weighted by Gasteiger charge is 2.22. The smallest absolute Gasteiger partial charge is 0.360 e. The van der Waals surface area contributed by atoms with E-state index < -0.39 is 11.9 Å². The number of rotatable bonds is 13. The fraction of sp³-hybridized carbons (Fsp3) is 0.106. The molecule has 9 N–H and O–H groups in total. The fourth-order valence-corrected chi connectivity index (χ4v) is 10.1. The second-order valence-electron chi connectivity index (χ2n) is 20.9. The number of aromatic nitrogens is 12. The SMILES string of the molecule is CN(C)C(=O)c1ccc(-c2cnc(N)c(-c3nnc(-c4ccccc4-c4ccsc4)o3)n2)cc1.CN(C)C(=O)c1ccc(-c2cnc(N)c(-c3nnc(-c4ccccc4Br)o3)n2)cc1.CN(C)C(=O)c1ccc(-c2cnc(N)c(C(=O)O)n2)cc1.COC(=O)c1nc(Br)cnc1N. The van der Waals surface area contributed by atoms with Crippen LogP contribution in [0.4, 0.5) is 23.3 Å². The zero-order valence-corrected chi connectivity index (χ0v) is 56.5. The van der Waals surface area contributed by atoms with Crippen molar-refractivity contribution < 1.29 is 42.7 Å². The topological polar surface area (TPSA) is 410 Å². The number of carbonyl (C=O) groups excluding carboxylic acids is 4. The lowest BCUT2D eigenvalue weighted by Crippen LogP contribution is -2.21. The minimum absolute atomic E-state index is 0.0203. The van der Waals surface area contributed by atoms with Crippen molar-refractivity contribution in [1.82, 2.24) is 75.0 Å². The molecular weight excluding hydrogens is 1390 g/mol. The van der Waals surface area contributed by atoms with E-state index in [4.69, 9.17) is 36.9 Å². The van der Waals surface area contributed by atoms with Gasteiger partial charge in [0.15, 0.2) is 46.0 Å². The molecule has 0 radical (unpaired) electrons. The van der Waals surface area contributed by atoms with Crippen LogP contribution >= 0.6 is 43.2 Å². The van der Waals surface area contributed by atoms with E-state index in [2.05, 4.69) is 102 Å². The maximum Gasteiger partial charge on any atom is 0.360 e. The molecule has 97 heavy (non-hydrogen) atoms. The zero-order chi connectivity index (χ0) is 69.6. The molecule has 0 aliphatic heterocycles. The molecular formula is C66H57Br2N19O9S. The van der Waals surface area contributed by atoms with Crippen LogP contribution in [0.15, 0.2) is 181 Å². The van der Waals surface area contributed by atoms with Crippen LogP contribution in [0.2, 0.25) is 0 Å². The molecule has 7 heterocycles. The lowest BCUT2D eigenvalue weighted by Gasteiger charge is -2.10. The van der Waals surface area contributed by atoms with Gasteiger partial charge in [0.05, 0.1) is 54.5 Å². The molecule has 0 atom stereocenters. The summed E-state index contributed by atoms with van der Waals surface area (Å²) in [5.41, 5.74) is 32.4. The third-order valence-electron chi connectivity index (χ3n) is 13.6. The first-order valence-corrected chi connectivity index (χ1v) is 31.0. The number of hydrogen-bond acceptors (Lipinski definition) is 25. The fourth-order valence-electron chi connectivity index (χ4n) is 8.66. The summed E-state index contributed by atoms with van der Waals surface area (Å²) >= 11 is 8.15. The Kier molecular flexibility index (Phi) is 22.3. The van der Waals surface area contributed by atoms with E-state index in [1.807, 2.05) is 72.1 Å². The van der Waals surface area contributed by atoms with Crippen molar-refractivity contribution in [2.24, 2.45) is 0 Å². The highest BCUT2D eigenvalue weighted by molar-refractivity contribution is 9.10. The molecule has 7 aromatic heterocycles. The Morgan fingerprint density at radius 3 is 1.27 bits per heavy atom. The summed E-state index contributed by atoms with van der Waals surface area (Å²) in [6, 6.07) is 38.3. The van der Waals surface area contributed by atoms with Crippen molar-refractivity contribution in [3.8, 4) is 91.0 Å². The first-order chi connectivity index (χ1) is 46.5. The molecule has 0 aliphatic carbocycles. The van der Waals surface area contributed by atoms with E-state index >= 15 is 0 Å². The van der Waals surface area contributed by atoms with Crippen molar-refractivity contribution in [2.45, 2.75) is 0 Å². The van der Waals surface area contributed by atoms with Gasteiger partial charge in [-0.25, -0.2) is 49.5 Å². The summed E-state index contributed by atoms with van der Waals surface area (Å²) in [7, 11) is 11.4. The van der Waals surface area contributed by atoms with Crippen LogP contribution in [0, 0.1) is 0 Å². The van der Waals surface area contributed by atoms with Gasteiger partial charge in [0, 0.05) is 85.7 Å². The molecule has 31 heteroatoms. The Labute approximate surface area is 573 Å². The average molecular weight is 1450 g/mol. The van der Waals surface area contributed by atoms with Gasteiger partial charge >= 0.3 is 11.9 Å². The largest absolute Gasteiger partial charge is 0.476 e. The predicted molar refractivity (Wildman–Crippen MR) is 371 cm³/mol. The summed E-state index contributed by atoms with van der Waals surface area (Å²) in [4.78, 5) is 95.5. The van der Waals surface area contributed by atoms with Crippen LogP contribution in [0.1, 0.15) is 52.1 Å². The van der Waals surface area contributed by atoms with Gasteiger partial charge in [-0.2, -0.15) is 11.3 Å². The summed E-state index contributed by atoms with van der Waals surface area (Å²) in [5.74, 6) is -0.730. The third kappa shape index (κ3) is 16.8. The van der Waals surface area contributed by atoms with Gasteiger partial charge in [-0.3, -0.25) is 14.4 Å². The molecule has 0 bridgehead atoms. The minimum Gasteiger partial charge on any atom is -0.476 e. The quantitative estimate of drug-likeness (QED) is 0.0669. The van der Waals surface area contributed by atoms with Gasteiger partial charge in [0.2, 0.25) is 11.8 Å². The number of halogens is 2. The van der Waals surface area contributed by atoms with Gasteiger partial charge in [-0.1, -0.05) is 66.7 Å². The summed E-state index contributed by atoms with van der Waals surface area (Å²) in [6.45, 7) is 0. The molecule has 5 aromatic carbocycles. The average Bonchev–Trinajstić information content (AvgIpc) is 1.74. The maximum atomic E-state index is 12.1. The molecule has 28 nitrogen and oxygen atoms in total. The second kappa shape index (κ2) is 31.2. The Balaban J connectivity index is 0.000000160. The maximum absolute atomic E-state index is 12.1. The molecule has 0 aliphatic rings. The monoisotopic (exact) mass is 1450 g/mol. The van der Waals surface area contributed by atoms with E-state index in [0.29, 0.717) is 67.1 Å². The van der Waals surface area contributed by atoms with Gasteiger partial charge in [-0.05, 0) is 114 Å². The molecule has 0 saturated heterocycles. The molecule has 12 rings (SSSR count). The number of carboxylic acid groups (broad SMARTS) is 1. The summed E-state index contributed by atoms with van der Waals surface area (Å²) in [6.07, 6.45) is 5.93. The van der Waals surface area contributed by atoms with Gasteiger partial charge in [-0.15, -0.1) is 20.4 Å². The standard InChI is InChI=1S/C25H20N6O2S.C21H17BrN6O2.C14H14N4O3.C6H6BrN3O2/c1-31(2)25(32)16-9-7-15(8-10-16)20-13-27-22(26)21(28-20)24-30-29-23(33-24)19-6-4-3-5-18(19)17-11-12-34-14-17;1-28(2)21(29)13-9-7-12(8-10-13)16-11-24-18(23)17(25-16)20-27-26-19(30-20)14-5-3-4-6-15(14)22;1-18(2)13(19)9-5-3-8(4-6-9)10-7-16-12(15)11(17-10)14(20)21;1-12-6(11)4-5(8)9-2-3(7)10-4/h3-14H,1-2H3,(H2,26,27);3-11H,1-2H3,(H2,23,24);3-7H,1-2H3,(H2,15,16)(H,20,21);2H,1H3,(H2,8,9). The van der Waals surface area contributed by atoms with Gasteiger partial charge in [0.25, 0.3) is 29.5 Å². The van der Waals surface area contributed by atoms with Gasteiger partial charge < -0.3 is 56.3 Å². The van der Waals surface area contributed by atoms with E-state index in [1.54, 1.807) is 127 Å². The Bertz CT molecular complexity index is 4820. The van der Waals surface area contributed by atoms with Crippen LogP contribution in [-0.2, 0) is 4.74 Å². The first kappa shape index (κ1) is 69.3. The van der Waals surface area contributed by atoms with Crippen LogP contribution in [0.25, 0.3) is 91.0 Å². The molecule has 0 saturated carbocycles. The number of carbonyl (C=O) groups is 5. The zero-order valence-electron chi connectivity index (χ0n) is 52.5. The summed E-state index contributed by atoms with van der Waals surface area (Å²) < 4.78 is 17.5. The second-order valence-corrected chi connectivity index (χ2v) is 23.3. The van der Waals surface area contributed by atoms with Crippen molar-refractivity contribution in [3.63, 3.8) is 0 Å². The number of thiophene rings is 1. The number of nitrogens with zero attached hydrogens (tertiary/aromatic N) is 15. The van der Waals surface area contributed by atoms with Crippen molar-refractivity contribution in [2.75, 3.05) is 72.3 Å². The number of esters is 1. The number of aromatic carboxylic acids is 1. The lowest BCUT2D eigenvalue weighted by atomic mass is 10.0. The molecule has 490 valence electrons. The van der Waals surface area contributed by atoms with Crippen LogP contribution in [0.5, 0.6) is 0 Å². The number of benzene rings is 5. The van der Waals surface area contributed by atoms with Gasteiger partial charge in [0.1, 0.15) is 4.60 Å². The van der Waals surface area contributed by atoms with Crippen molar-refractivity contribution in [1.29, 1.82) is 0 Å². The first-order valence-electron chi connectivity index (χ1n) is 28.5. The van der Waals surface area contributed by atoms with Crippen molar-refractivity contribution >= 4 is 96.1 Å². The number of methoxy groups -OCH3 is 1. The molecule has 0 unspecified atom stereocenters. The third-order valence-corrected chi connectivity index (χ3v) is 15.4. The molecule has 0 fully saturated rings. The number of anilines is 4. The van der Waals surface area contributed by atoms with Crippen LogP contribution in [0.3, 0.4) is 0 Å². The van der Waals surface area contributed by atoms with Crippen LogP contribution < -0.4 is 22.9 Å². The number of ether oxygens (including phenoxy) is 1. The number of nitrogen functional groups attached to an aromatic ring is 4. The Morgan fingerprint density at radius 1 is 0.454 bits per heavy atom. The van der Waals surface area contributed by atoms with Crippen LogP contribution in [-0.4, -0.2) is 159 Å². The number of carboxylic acids is 1. The Morgan fingerprint density at radius 2 is 0.845 bits per heavy atom. The number of nitrogens with two attached hydrogens (primary N) is 4. The molecule has 0 spiro atoms. The highest BCUT2D eigenvalue weighted by Crippen LogP contribution is 2.36. The summed E-state index contributed by atoms with van der Waals surface area (Å²) in [5, 5.41) is 29.7. The Hall–Kier alpha value is -12.1. The highest BCUT2D eigenvalue weighted by atomic mass is 79.9. The minimum atomic E-state index is -1.23. The lowest BCUT2D eigenvalue weighted by molar-refractivity contribution is 0.0593. The van der Waals surface area contributed by atoms with Crippen molar-refractivity contribution in [3.05, 3.63) is 200 Å².